The summed E-state index contributed by atoms with van der Waals surface area (Å²) < 4.78 is 72.9. The van der Waals surface area contributed by atoms with E-state index in [-0.39, 0.29) is 9.92 Å². The van der Waals surface area contributed by atoms with Gasteiger partial charge in [0.15, 0.2) is 0 Å². The smallest absolute Gasteiger partial charge is 0.416 e. The molecule has 11 heteroatoms. The molecule has 3 aromatic rings. The van der Waals surface area contributed by atoms with Gasteiger partial charge in [-0.2, -0.15) is 13.2 Å². The monoisotopic (exact) mass is 540 g/mol. The fraction of sp³-hybridized carbons (Fsp3) is 0.240. The number of hydrogen-bond donors (Lipinski definition) is 1. The number of ether oxygens (including phenoxy) is 1. The Kier molecular flexibility index (Phi) is 8.52. The highest BCUT2D eigenvalue weighted by atomic mass is 35.5. The van der Waals surface area contributed by atoms with Gasteiger partial charge in [-0.1, -0.05) is 48.9 Å². The van der Waals surface area contributed by atoms with Gasteiger partial charge in [0.2, 0.25) is 5.91 Å². The molecule has 0 aliphatic carbocycles. The van der Waals surface area contributed by atoms with Crippen LogP contribution < -0.4 is 14.4 Å². The summed E-state index contributed by atoms with van der Waals surface area (Å²) in [7, 11) is -2.92. The molecule has 0 unspecified atom stereocenters. The second-order valence-electron chi connectivity index (χ2n) is 7.79. The Balaban J connectivity index is 1.99. The van der Waals surface area contributed by atoms with Crippen molar-refractivity contribution in [3.05, 3.63) is 88.9 Å². The van der Waals surface area contributed by atoms with Gasteiger partial charge in [-0.25, -0.2) is 8.42 Å². The third kappa shape index (κ3) is 6.30. The van der Waals surface area contributed by atoms with E-state index in [4.69, 9.17) is 16.3 Å². The second kappa shape index (κ2) is 11.2. The van der Waals surface area contributed by atoms with E-state index in [1.165, 1.54) is 31.4 Å². The Hall–Kier alpha value is -3.24. The fourth-order valence-electron chi connectivity index (χ4n) is 3.53. The average Bonchev–Trinajstić information content (AvgIpc) is 2.86. The van der Waals surface area contributed by atoms with Gasteiger partial charge < -0.3 is 10.1 Å². The summed E-state index contributed by atoms with van der Waals surface area (Å²) in [6, 6.07) is 15.9. The summed E-state index contributed by atoms with van der Waals surface area (Å²) in [5, 5.41) is 2.51. The summed E-state index contributed by atoms with van der Waals surface area (Å²) >= 11 is 6.16. The summed E-state index contributed by atoms with van der Waals surface area (Å²) in [4.78, 5) is 12.9. The van der Waals surface area contributed by atoms with E-state index in [9.17, 15) is 26.4 Å². The average molecular weight is 541 g/mol. The van der Waals surface area contributed by atoms with Crippen LogP contribution in [-0.2, 0) is 21.0 Å². The topological polar surface area (TPSA) is 75.7 Å². The van der Waals surface area contributed by atoms with E-state index in [0.29, 0.717) is 22.5 Å². The minimum absolute atomic E-state index is 0.200. The highest BCUT2D eigenvalue weighted by Gasteiger charge is 2.34. The molecule has 1 atom stereocenters. The van der Waals surface area contributed by atoms with E-state index < -0.39 is 45.9 Å². The molecule has 0 aliphatic heterocycles. The molecule has 36 heavy (non-hydrogen) atoms. The van der Waals surface area contributed by atoms with Crippen LogP contribution in [0.25, 0.3) is 0 Å². The molecule has 0 aromatic heterocycles. The quantitative estimate of drug-likeness (QED) is 0.370. The normalized spacial score (nSPS) is 12.6. The Morgan fingerprint density at radius 3 is 2.25 bits per heavy atom. The molecule has 0 saturated carbocycles. The van der Waals surface area contributed by atoms with E-state index >= 15 is 0 Å². The van der Waals surface area contributed by atoms with Crippen molar-refractivity contribution in [2.75, 3.05) is 18.0 Å². The Labute approximate surface area is 212 Å². The molecule has 3 aromatic carbocycles. The number of sulfonamides is 1. The zero-order valence-corrected chi connectivity index (χ0v) is 21.0. The van der Waals surface area contributed by atoms with Crippen LogP contribution in [-0.4, -0.2) is 28.0 Å². The van der Waals surface area contributed by atoms with E-state index in [1.807, 2.05) is 6.92 Å². The predicted molar refractivity (Wildman–Crippen MR) is 132 cm³/mol. The molecule has 0 radical (unpaired) electrons. The van der Waals surface area contributed by atoms with Crippen molar-refractivity contribution in [2.45, 2.75) is 30.5 Å². The number of halogens is 4. The third-order valence-corrected chi connectivity index (χ3v) is 7.52. The fourth-order valence-corrected chi connectivity index (χ4v) is 5.25. The Morgan fingerprint density at radius 1 is 1.06 bits per heavy atom. The molecular weight excluding hydrogens is 517 g/mol. The molecule has 0 heterocycles. The van der Waals surface area contributed by atoms with Gasteiger partial charge in [-0.05, 0) is 54.4 Å². The molecule has 0 spiro atoms. The van der Waals surface area contributed by atoms with Crippen molar-refractivity contribution >= 4 is 33.2 Å². The number of alkyl halides is 3. The van der Waals surface area contributed by atoms with E-state index in [2.05, 4.69) is 5.32 Å². The molecule has 0 aliphatic rings. The largest absolute Gasteiger partial charge is 0.497 e. The number of amides is 1. The first-order valence-electron chi connectivity index (χ1n) is 10.8. The lowest BCUT2D eigenvalue weighted by atomic mass is 10.0. The maximum atomic E-state index is 13.5. The zero-order chi connectivity index (χ0) is 26.5. The van der Waals surface area contributed by atoms with Crippen molar-refractivity contribution < 1.29 is 31.1 Å². The van der Waals surface area contributed by atoms with Crippen LogP contribution in [0.3, 0.4) is 0 Å². The Bertz CT molecular complexity index is 1300. The molecular formula is C25H24ClF3N2O4S. The first-order chi connectivity index (χ1) is 17.0. The highest BCUT2D eigenvalue weighted by molar-refractivity contribution is 7.92. The van der Waals surface area contributed by atoms with E-state index in [0.717, 1.165) is 17.7 Å². The first kappa shape index (κ1) is 27.3. The summed E-state index contributed by atoms with van der Waals surface area (Å²) in [6.07, 6.45) is -4.26. The predicted octanol–water partition coefficient (Wildman–Crippen LogP) is 5.83. The number of carbonyl (C=O) groups is 1. The van der Waals surface area contributed by atoms with Gasteiger partial charge in [0, 0.05) is 0 Å². The number of methoxy groups -OCH3 is 1. The number of anilines is 1. The minimum Gasteiger partial charge on any atom is -0.497 e. The van der Waals surface area contributed by atoms with Crippen molar-refractivity contribution in [1.82, 2.24) is 5.32 Å². The Morgan fingerprint density at radius 2 is 1.69 bits per heavy atom. The maximum Gasteiger partial charge on any atom is 0.416 e. The molecule has 6 nitrogen and oxygen atoms in total. The van der Waals surface area contributed by atoms with Crippen LogP contribution in [0.2, 0.25) is 5.02 Å². The van der Waals surface area contributed by atoms with Crippen LogP contribution in [0.5, 0.6) is 5.75 Å². The molecule has 1 amide bonds. The number of hydrogen-bond acceptors (Lipinski definition) is 4. The standard InChI is InChI=1S/C25H24ClF3N2O4S/c1-3-22(17-9-12-19(35-2)13-10-17)30-24(32)16-31(36(33,34)20-7-5-4-6-8-20)23-15-18(25(27,28)29)11-14-21(23)26/h4-15,22H,3,16H2,1-2H3,(H,30,32)/t22-/m1/s1. The summed E-state index contributed by atoms with van der Waals surface area (Å²) in [6.45, 7) is 1.04. The maximum absolute atomic E-state index is 13.5. The van der Waals surface area contributed by atoms with Gasteiger partial charge in [-0.15, -0.1) is 0 Å². The van der Waals surface area contributed by atoms with Gasteiger partial charge in [0.05, 0.1) is 34.3 Å². The van der Waals surface area contributed by atoms with Crippen LogP contribution in [0.1, 0.15) is 30.5 Å². The minimum atomic E-state index is -4.74. The van der Waals surface area contributed by atoms with E-state index in [1.54, 1.807) is 30.3 Å². The van der Waals surface area contributed by atoms with Crippen molar-refractivity contribution in [2.24, 2.45) is 0 Å². The molecule has 1 N–H and O–H groups in total. The van der Waals surface area contributed by atoms with Crippen LogP contribution >= 0.6 is 11.6 Å². The van der Waals surface area contributed by atoms with Crippen LogP contribution in [0.15, 0.2) is 77.7 Å². The lowest BCUT2D eigenvalue weighted by molar-refractivity contribution is -0.137. The van der Waals surface area contributed by atoms with Crippen molar-refractivity contribution in [3.8, 4) is 5.75 Å². The van der Waals surface area contributed by atoms with Crippen molar-refractivity contribution in [3.63, 3.8) is 0 Å². The number of nitrogens with zero attached hydrogens (tertiary/aromatic N) is 1. The summed E-state index contributed by atoms with van der Waals surface area (Å²) in [5.41, 5.74) is -0.801. The number of nitrogens with one attached hydrogen (secondary N) is 1. The third-order valence-electron chi connectivity index (χ3n) is 5.42. The molecule has 3 rings (SSSR count). The number of rotatable bonds is 9. The SMILES string of the molecule is CC[C@@H](NC(=O)CN(c1cc(C(F)(F)F)ccc1Cl)S(=O)(=O)c1ccccc1)c1ccc(OC)cc1. The van der Waals surface area contributed by atoms with Crippen LogP contribution in [0.4, 0.5) is 18.9 Å². The van der Waals surface area contributed by atoms with Crippen molar-refractivity contribution in [1.29, 1.82) is 0 Å². The van der Waals surface area contributed by atoms with Gasteiger partial charge >= 0.3 is 6.18 Å². The highest BCUT2D eigenvalue weighted by Crippen LogP contribution is 2.37. The zero-order valence-electron chi connectivity index (χ0n) is 19.4. The lowest BCUT2D eigenvalue weighted by Crippen LogP contribution is -2.42. The number of benzene rings is 3. The molecule has 0 saturated heterocycles. The first-order valence-corrected chi connectivity index (χ1v) is 12.7. The molecule has 0 fully saturated rings. The van der Waals surface area contributed by atoms with Gasteiger partial charge in [0.25, 0.3) is 10.0 Å². The lowest BCUT2D eigenvalue weighted by Gasteiger charge is -2.27. The molecule has 0 bridgehead atoms. The molecule has 192 valence electrons. The van der Waals surface area contributed by atoms with Gasteiger partial charge in [0.1, 0.15) is 12.3 Å². The van der Waals surface area contributed by atoms with Crippen LogP contribution in [0, 0.1) is 0 Å². The van der Waals surface area contributed by atoms with Gasteiger partial charge in [-0.3, -0.25) is 9.10 Å². The second-order valence-corrected chi connectivity index (χ2v) is 10.1. The summed E-state index contributed by atoms with van der Waals surface area (Å²) in [5.74, 6) is -0.0927. The number of carbonyl (C=O) groups excluding carboxylic acids is 1.